The summed E-state index contributed by atoms with van der Waals surface area (Å²) in [5.41, 5.74) is 8.32. The van der Waals surface area contributed by atoms with Crippen LogP contribution in [0, 0.1) is 0 Å². The van der Waals surface area contributed by atoms with E-state index in [0.717, 1.165) is 32.4 Å². The third kappa shape index (κ3) is 25.6. The second-order valence-corrected chi connectivity index (χ2v) is 28.0. The van der Waals surface area contributed by atoms with Crippen LogP contribution < -0.4 is 48.3 Å². The van der Waals surface area contributed by atoms with Gasteiger partial charge in [-0.2, -0.15) is 0 Å². The molecule has 8 amide bonds. The second kappa shape index (κ2) is 40.8. The molecular formula is C69H94N14O17S2. The number of H-pyrrole nitrogens is 1. The number of aliphatic hydroxyl groups is 3. The smallest absolute Gasteiger partial charge is 0.317 e. The summed E-state index contributed by atoms with van der Waals surface area (Å²) in [5, 5.41) is 85.1. The molecule has 0 bridgehead atoms. The topological polar surface area (TPSA) is 460 Å². The van der Waals surface area contributed by atoms with Crippen molar-refractivity contribution in [1.29, 1.82) is 0 Å². The fraction of sp³-hybridized carbons (Fsp3) is 0.493. The molecule has 5 aromatic rings. The standard InChI is InChI=1S/C69H94N14O17S2/c1-42(85)55(39-84)76-68(99)57-41-102-101-40-56(77-64(95)52(31-44-13-4-3-5-14-44)72-58(87)35-80-23-25-81(36-59(88)89)27-29-83(38-61(92)93)30-28-82(26-24-80)37-60(90)91)67(98)75-53(32-46-17-12-16-45-15-6-7-18-48(45)46)66(97)74-54(33-47-34-71-50-20-9-8-19-49(47)50)65(96)73-51(21-10-11-22-70)63(94)79-62(43(2)86)69(100)78-57/h3-9,12-20,34,42-43,51-57,62,71,84-86H,10-11,21-33,35-41,70H2,1-2H3,(H,72,87)(H,73,96)(H,74,97)(H,75,98)(H,76,99)(H,77,95)(H,78,100)(H,79,94)(H,88,89)(H,90,91)(H,92,93)/t42-,43-,51?,52-,53+,54?,55-,56?,57+,62+/m1/s1. The van der Waals surface area contributed by atoms with Gasteiger partial charge < -0.3 is 83.9 Å². The lowest BCUT2D eigenvalue weighted by Gasteiger charge is -2.33. The Morgan fingerprint density at radius 2 is 1.09 bits per heavy atom. The van der Waals surface area contributed by atoms with E-state index in [4.69, 9.17) is 5.73 Å². The Hall–Kier alpha value is -8.77. The number of carbonyl (C=O) groups excluding carboxylic acids is 8. The normalized spacial score (nSPS) is 21.8. The van der Waals surface area contributed by atoms with Crippen molar-refractivity contribution in [3.05, 3.63) is 120 Å². The molecule has 10 atom stereocenters. The summed E-state index contributed by atoms with van der Waals surface area (Å²) < 4.78 is 0. The third-order valence-corrected chi connectivity index (χ3v) is 20.0. The largest absolute Gasteiger partial charge is 0.480 e. The molecule has 2 aliphatic rings. The highest BCUT2D eigenvalue weighted by Gasteiger charge is 2.38. The van der Waals surface area contributed by atoms with E-state index in [1.54, 1.807) is 80.4 Å². The molecule has 0 saturated carbocycles. The number of nitrogens with two attached hydrogens (primary N) is 1. The molecule has 17 N–H and O–H groups in total. The minimum atomic E-state index is -1.76. The van der Waals surface area contributed by atoms with E-state index in [1.807, 2.05) is 42.5 Å². The summed E-state index contributed by atoms with van der Waals surface area (Å²) in [7, 11) is 1.86. The number of carboxylic acid groups (broad SMARTS) is 3. The van der Waals surface area contributed by atoms with E-state index in [0.29, 0.717) is 34.0 Å². The van der Waals surface area contributed by atoms with Crippen molar-refractivity contribution in [3.63, 3.8) is 0 Å². The average Bonchev–Trinajstić information content (AvgIpc) is 1.51. The number of amides is 8. The van der Waals surface area contributed by atoms with Crippen LogP contribution in [-0.4, -0.2) is 284 Å². The van der Waals surface area contributed by atoms with E-state index in [1.165, 1.54) is 13.8 Å². The first-order valence-corrected chi connectivity index (χ1v) is 36.3. The number of aliphatic hydroxyl groups excluding tert-OH is 3. The van der Waals surface area contributed by atoms with Crippen molar-refractivity contribution in [3.8, 4) is 0 Å². The van der Waals surface area contributed by atoms with Gasteiger partial charge in [0, 0.05) is 100 Å². The zero-order chi connectivity index (χ0) is 73.8. The zero-order valence-corrected chi connectivity index (χ0v) is 58.6. The number of hydrogen-bond acceptors (Lipinski definition) is 21. The van der Waals surface area contributed by atoms with Crippen molar-refractivity contribution in [2.24, 2.45) is 5.73 Å². The number of aliphatic carboxylic acids is 3. The number of aromatic nitrogens is 1. The molecule has 554 valence electrons. The van der Waals surface area contributed by atoms with Gasteiger partial charge in [0.2, 0.25) is 47.3 Å². The van der Waals surface area contributed by atoms with Gasteiger partial charge >= 0.3 is 17.9 Å². The lowest BCUT2D eigenvalue weighted by Crippen LogP contribution is -2.62. The number of carbonyl (C=O) groups is 11. The van der Waals surface area contributed by atoms with Gasteiger partial charge in [0.05, 0.1) is 51.0 Å². The van der Waals surface area contributed by atoms with Gasteiger partial charge in [-0.3, -0.25) is 72.3 Å². The van der Waals surface area contributed by atoms with Crippen molar-refractivity contribution < 1.29 is 83.4 Å². The maximum atomic E-state index is 15.5. The highest BCUT2D eigenvalue weighted by atomic mass is 33.1. The lowest BCUT2D eigenvalue weighted by molar-refractivity contribution is -0.140. The zero-order valence-electron chi connectivity index (χ0n) is 57.0. The number of hydrogen-bond donors (Lipinski definition) is 16. The molecule has 3 unspecified atom stereocenters. The van der Waals surface area contributed by atoms with Gasteiger partial charge in [-0.25, -0.2) is 0 Å². The van der Waals surface area contributed by atoms with Gasteiger partial charge in [0.25, 0.3) is 0 Å². The second-order valence-electron chi connectivity index (χ2n) is 25.4. The van der Waals surface area contributed by atoms with Crippen LogP contribution in [0.5, 0.6) is 0 Å². The Bertz CT molecular complexity index is 3630. The van der Waals surface area contributed by atoms with E-state index in [-0.39, 0.29) is 109 Å². The summed E-state index contributed by atoms with van der Waals surface area (Å²) >= 11 is 0. The van der Waals surface area contributed by atoms with Crippen molar-refractivity contribution in [1.82, 2.24) is 67.1 Å². The number of aromatic amines is 1. The lowest BCUT2D eigenvalue weighted by atomic mass is 9.97. The molecule has 102 heavy (non-hydrogen) atoms. The van der Waals surface area contributed by atoms with Crippen LogP contribution >= 0.6 is 21.6 Å². The Morgan fingerprint density at radius 3 is 1.67 bits per heavy atom. The van der Waals surface area contributed by atoms with Gasteiger partial charge in [-0.05, 0) is 73.2 Å². The highest BCUT2D eigenvalue weighted by Crippen LogP contribution is 2.26. The first kappa shape index (κ1) is 80.5. The molecule has 3 heterocycles. The number of nitrogens with one attached hydrogen (secondary N) is 9. The quantitative estimate of drug-likeness (QED) is 0.0210. The fourth-order valence-corrected chi connectivity index (χ4v) is 14.2. The van der Waals surface area contributed by atoms with Gasteiger partial charge in [0.15, 0.2) is 0 Å². The number of benzene rings is 4. The molecule has 7 rings (SSSR count). The monoisotopic (exact) mass is 1450 g/mol. The summed E-state index contributed by atoms with van der Waals surface area (Å²) in [6.07, 6.45) is -1.11. The minimum Gasteiger partial charge on any atom is -0.480 e. The number of fused-ring (bicyclic) bond motifs is 2. The molecule has 2 saturated heterocycles. The van der Waals surface area contributed by atoms with Crippen LogP contribution in [0.3, 0.4) is 0 Å². The fourth-order valence-electron chi connectivity index (χ4n) is 11.9. The number of nitrogens with zero attached hydrogens (tertiary/aromatic N) is 4. The van der Waals surface area contributed by atoms with Crippen LogP contribution in [0.15, 0.2) is 103 Å². The van der Waals surface area contributed by atoms with Gasteiger partial charge in [0.1, 0.15) is 42.3 Å². The summed E-state index contributed by atoms with van der Waals surface area (Å²) in [6.45, 7) is 1.21. The predicted octanol–water partition coefficient (Wildman–Crippen LogP) is -2.02. The molecule has 31 nitrogen and oxygen atoms in total. The molecule has 0 aliphatic carbocycles. The number of para-hydroxylation sites is 1. The summed E-state index contributed by atoms with van der Waals surface area (Å²) in [5.74, 6) is -11.3. The maximum Gasteiger partial charge on any atom is 0.317 e. The predicted molar refractivity (Wildman–Crippen MR) is 382 cm³/mol. The Kier molecular flexibility index (Phi) is 32.2. The molecule has 0 spiro atoms. The summed E-state index contributed by atoms with van der Waals surface area (Å²) in [6, 6.07) is 16.5. The maximum absolute atomic E-state index is 15.5. The van der Waals surface area contributed by atoms with Crippen LogP contribution in [0.4, 0.5) is 0 Å². The van der Waals surface area contributed by atoms with Crippen molar-refractivity contribution in [2.75, 3.05) is 103 Å². The Balaban J connectivity index is 1.28. The molecular weight excluding hydrogens is 1360 g/mol. The highest BCUT2D eigenvalue weighted by molar-refractivity contribution is 8.76. The third-order valence-electron chi connectivity index (χ3n) is 17.5. The van der Waals surface area contributed by atoms with Crippen molar-refractivity contribution in [2.45, 2.75) is 113 Å². The number of rotatable bonds is 26. The van der Waals surface area contributed by atoms with E-state index >= 15 is 19.2 Å². The van der Waals surface area contributed by atoms with Crippen LogP contribution in [0.2, 0.25) is 0 Å². The Labute approximate surface area is 597 Å². The summed E-state index contributed by atoms with van der Waals surface area (Å²) in [4.78, 5) is 165. The van der Waals surface area contributed by atoms with Crippen LogP contribution in [0.25, 0.3) is 21.7 Å². The molecule has 1 aromatic heterocycles. The molecule has 2 aliphatic heterocycles. The van der Waals surface area contributed by atoms with Crippen LogP contribution in [-0.2, 0) is 72.0 Å². The first-order chi connectivity index (χ1) is 48.9. The number of carboxylic acids is 3. The van der Waals surface area contributed by atoms with Gasteiger partial charge in [-0.1, -0.05) is 113 Å². The van der Waals surface area contributed by atoms with E-state index in [9.17, 15) is 64.2 Å². The van der Waals surface area contributed by atoms with E-state index in [2.05, 4.69) is 47.5 Å². The van der Waals surface area contributed by atoms with Crippen LogP contribution in [0.1, 0.15) is 49.8 Å². The average molecular weight is 1460 g/mol. The molecule has 4 aromatic carbocycles. The minimum absolute atomic E-state index is 0.0399. The molecule has 2 fully saturated rings. The van der Waals surface area contributed by atoms with Crippen molar-refractivity contribution >= 4 is 108 Å². The molecule has 33 heteroatoms. The van der Waals surface area contributed by atoms with Gasteiger partial charge in [-0.15, -0.1) is 0 Å². The number of unbranched alkanes of at least 4 members (excludes halogenated alkanes) is 1. The SMILES string of the molecule is C[C@@H](O)[C@@H]1NC(=O)C(CCCCN)NC(=O)C(Cc2c[nH]c3ccccc23)NC(=O)[C@H](Cc2cccc3ccccc23)NC(=O)C(NC(=O)[C@@H](Cc2ccccc2)NC(=O)CN2CCN(CC(=O)O)CCN(CC(=O)O)CCN(CC(=O)O)CC2)CSSC[C@@H](C(=O)N[C@H](CO)[C@@H](C)O)NC1=O. The Morgan fingerprint density at radius 1 is 0.569 bits per heavy atom. The first-order valence-electron chi connectivity index (χ1n) is 33.8. The van der Waals surface area contributed by atoms with E-state index < -0.39 is 152 Å². The molecule has 0 radical (unpaired) electrons.